The number of aliphatic hydroxyl groups excluding tert-OH is 1. The van der Waals surface area contributed by atoms with Gasteiger partial charge in [-0.3, -0.25) is 5.32 Å². The molecule has 0 aromatic heterocycles. The zero-order valence-electron chi connectivity index (χ0n) is 7.54. The molecule has 0 saturated heterocycles. The lowest BCUT2D eigenvalue weighted by atomic mass is 10.1. The second kappa shape index (κ2) is 4.61. The van der Waals surface area contributed by atoms with Crippen LogP contribution in [-0.2, 0) is 6.61 Å². The van der Waals surface area contributed by atoms with E-state index in [2.05, 4.69) is 27.9 Å². The number of halogens is 1. The molecule has 5 heteroatoms. The number of aryl methyl sites for hydroxylation is 1. The molecule has 0 atom stereocenters. The van der Waals surface area contributed by atoms with Gasteiger partial charge < -0.3 is 10.2 Å². The van der Waals surface area contributed by atoms with Crippen molar-refractivity contribution in [3.05, 3.63) is 26.8 Å². The van der Waals surface area contributed by atoms with Gasteiger partial charge in [-0.1, -0.05) is 0 Å². The molecule has 0 saturated carbocycles. The molecule has 1 rings (SSSR count). The van der Waals surface area contributed by atoms with E-state index in [4.69, 9.17) is 10.2 Å². The monoisotopic (exact) mass is 307 g/mol. The molecule has 3 N–H and O–H groups in total. The van der Waals surface area contributed by atoms with Crippen molar-refractivity contribution >= 4 is 34.4 Å². The average molecular weight is 307 g/mol. The maximum absolute atomic E-state index is 10.4. The third-order valence-electron chi connectivity index (χ3n) is 1.81. The van der Waals surface area contributed by atoms with Crippen LogP contribution in [0.15, 0.2) is 12.1 Å². The molecule has 1 aromatic rings. The highest BCUT2D eigenvalue weighted by atomic mass is 127. The van der Waals surface area contributed by atoms with E-state index in [9.17, 15) is 4.79 Å². The molecular weight excluding hydrogens is 297 g/mol. The average Bonchev–Trinajstić information content (AvgIpc) is 2.09. The number of carbonyl (C=O) groups is 1. The summed E-state index contributed by atoms with van der Waals surface area (Å²) in [5.74, 6) is 0. The molecule has 0 aliphatic carbocycles. The number of hydrogen-bond acceptors (Lipinski definition) is 2. The van der Waals surface area contributed by atoms with Crippen LogP contribution in [0.4, 0.5) is 10.5 Å². The van der Waals surface area contributed by atoms with Crippen LogP contribution in [0.3, 0.4) is 0 Å². The van der Waals surface area contributed by atoms with Crippen molar-refractivity contribution in [1.82, 2.24) is 0 Å². The predicted molar refractivity (Wildman–Crippen MR) is 61.5 cm³/mol. The quantitative estimate of drug-likeness (QED) is 0.734. The molecule has 0 radical (unpaired) electrons. The summed E-state index contributed by atoms with van der Waals surface area (Å²) in [7, 11) is 0. The van der Waals surface area contributed by atoms with Gasteiger partial charge in [0.15, 0.2) is 0 Å². The van der Waals surface area contributed by atoms with Gasteiger partial charge in [0.2, 0.25) is 0 Å². The summed E-state index contributed by atoms with van der Waals surface area (Å²) >= 11 is 2.10. The van der Waals surface area contributed by atoms with Crippen LogP contribution in [0, 0.1) is 10.5 Å². The van der Waals surface area contributed by atoms with Crippen molar-refractivity contribution in [1.29, 1.82) is 0 Å². The summed E-state index contributed by atoms with van der Waals surface area (Å²) in [4.78, 5) is 10.4. The maximum Gasteiger partial charge on any atom is 0.409 e. The highest BCUT2D eigenvalue weighted by Crippen LogP contribution is 2.22. The molecule has 4 nitrogen and oxygen atoms in total. The summed E-state index contributed by atoms with van der Waals surface area (Å²) in [6.07, 6.45) is -1.10. The normalized spacial score (nSPS) is 9.93. The predicted octanol–water partition coefficient (Wildman–Crippen LogP) is 2.18. The Hall–Kier alpha value is -0.820. The second-order valence-corrected chi connectivity index (χ2v) is 4.01. The zero-order chi connectivity index (χ0) is 10.7. The van der Waals surface area contributed by atoms with Gasteiger partial charge in [-0.25, -0.2) is 4.79 Å². The van der Waals surface area contributed by atoms with E-state index in [1.165, 1.54) is 0 Å². The Morgan fingerprint density at radius 2 is 2.21 bits per heavy atom. The Labute approximate surface area is 95.1 Å². The molecule has 0 heterocycles. The summed E-state index contributed by atoms with van der Waals surface area (Å²) in [5.41, 5.74) is 2.08. The van der Waals surface area contributed by atoms with Crippen LogP contribution < -0.4 is 5.32 Å². The van der Waals surface area contributed by atoms with Crippen molar-refractivity contribution in [3.63, 3.8) is 0 Å². The van der Waals surface area contributed by atoms with Crippen molar-refractivity contribution in [2.75, 3.05) is 5.32 Å². The fourth-order valence-electron chi connectivity index (χ4n) is 1.09. The van der Waals surface area contributed by atoms with E-state index in [0.29, 0.717) is 5.69 Å². The third-order valence-corrected chi connectivity index (χ3v) is 2.81. The first kappa shape index (κ1) is 11.3. The summed E-state index contributed by atoms with van der Waals surface area (Å²) in [6.45, 7) is 1.72. The topological polar surface area (TPSA) is 69.6 Å². The van der Waals surface area contributed by atoms with Gasteiger partial charge in [-0.2, -0.15) is 0 Å². The number of benzene rings is 1. The van der Waals surface area contributed by atoms with E-state index in [-0.39, 0.29) is 6.61 Å². The highest BCUT2D eigenvalue weighted by Gasteiger charge is 2.06. The molecule has 0 unspecified atom stereocenters. The van der Waals surface area contributed by atoms with Crippen molar-refractivity contribution in [3.8, 4) is 0 Å². The Balaban J connectivity index is 3.10. The number of aliphatic hydroxyl groups is 1. The van der Waals surface area contributed by atoms with Gasteiger partial charge in [0, 0.05) is 9.26 Å². The first-order valence-electron chi connectivity index (χ1n) is 3.94. The number of hydrogen-bond donors (Lipinski definition) is 3. The van der Waals surface area contributed by atoms with Gasteiger partial charge in [0.25, 0.3) is 0 Å². The summed E-state index contributed by atoms with van der Waals surface area (Å²) in [5, 5.41) is 19.8. The number of rotatable bonds is 2. The van der Waals surface area contributed by atoms with Gasteiger partial charge in [0.05, 0.1) is 6.61 Å². The molecule has 1 aromatic carbocycles. The largest absolute Gasteiger partial charge is 0.465 e. The van der Waals surface area contributed by atoms with Gasteiger partial charge in [-0.15, -0.1) is 0 Å². The lowest BCUT2D eigenvalue weighted by Crippen LogP contribution is -2.09. The van der Waals surface area contributed by atoms with Gasteiger partial charge >= 0.3 is 6.09 Å². The van der Waals surface area contributed by atoms with Crippen LogP contribution in [0.1, 0.15) is 11.1 Å². The maximum atomic E-state index is 10.4. The molecule has 1 amide bonds. The molecule has 14 heavy (non-hydrogen) atoms. The van der Waals surface area contributed by atoms with E-state index in [1.807, 2.05) is 13.0 Å². The van der Waals surface area contributed by atoms with Crippen LogP contribution in [0.2, 0.25) is 0 Å². The number of anilines is 1. The molecule has 0 aliphatic rings. The lowest BCUT2D eigenvalue weighted by molar-refractivity contribution is 0.209. The van der Waals surface area contributed by atoms with Crippen LogP contribution in [0.25, 0.3) is 0 Å². The SMILES string of the molecule is Cc1cc(I)c(CO)cc1NC(=O)O. The first-order valence-corrected chi connectivity index (χ1v) is 5.02. The van der Waals surface area contributed by atoms with Crippen molar-refractivity contribution in [2.24, 2.45) is 0 Å². The Morgan fingerprint density at radius 3 is 2.71 bits per heavy atom. The fourth-order valence-corrected chi connectivity index (χ4v) is 1.88. The van der Waals surface area contributed by atoms with Crippen LogP contribution in [0.5, 0.6) is 0 Å². The Morgan fingerprint density at radius 1 is 1.57 bits per heavy atom. The molecule has 0 spiro atoms. The zero-order valence-corrected chi connectivity index (χ0v) is 9.70. The minimum atomic E-state index is -1.10. The van der Waals surface area contributed by atoms with E-state index in [0.717, 1.165) is 14.7 Å². The number of nitrogens with one attached hydrogen (secondary N) is 1. The van der Waals surface area contributed by atoms with Gasteiger partial charge in [-0.05, 0) is 52.8 Å². The molecule has 76 valence electrons. The standard InChI is InChI=1S/C9H10INO3/c1-5-2-7(10)6(4-12)3-8(5)11-9(13)14/h2-3,11-12H,4H2,1H3,(H,13,14). The van der Waals surface area contributed by atoms with Gasteiger partial charge in [0.1, 0.15) is 0 Å². The Bertz CT molecular complexity index is 365. The summed E-state index contributed by atoms with van der Waals surface area (Å²) in [6, 6.07) is 3.47. The van der Waals surface area contributed by atoms with E-state index in [1.54, 1.807) is 6.07 Å². The van der Waals surface area contributed by atoms with Crippen molar-refractivity contribution < 1.29 is 15.0 Å². The minimum absolute atomic E-state index is 0.0904. The van der Waals surface area contributed by atoms with Crippen LogP contribution in [-0.4, -0.2) is 16.3 Å². The van der Waals surface area contributed by atoms with E-state index < -0.39 is 6.09 Å². The smallest absolute Gasteiger partial charge is 0.409 e. The molecular formula is C9H10INO3. The third kappa shape index (κ3) is 2.58. The Kier molecular flexibility index (Phi) is 3.70. The lowest BCUT2D eigenvalue weighted by Gasteiger charge is -2.09. The summed E-state index contributed by atoms with van der Waals surface area (Å²) < 4.78 is 0.929. The number of amides is 1. The first-order chi connectivity index (χ1) is 6.54. The fraction of sp³-hybridized carbons (Fsp3) is 0.222. The van der Waals surface area contributed by atoms with Crippen LogP contribution >= 0.6 is 22.6 Å². The molecule has 0 bridgehead atoms. The van der Waals surface area contributed by atoms with Crippen molar-refractivity contribution in [2.45, 2.75) is 13.5 Å². The molecule has 0 aliphatic heterocycles. The highest BCUT2D eigenvalue weighted by molar-refractivity contribution is 14.1. The number of carboxylic acid groups (broad SMARTS) is 1. The minimum Gasteiger partial charge on any atom is -0.465 e. The second-order valence-electron chi connectivity index (χ2n) is 2.85. The van der Waals surface area contributed by atoms with E-state index >= 15 is 0 Å². The molecule has 0 fully saturated rings.